The van der Waals surface area contributed by atoms with Crippen LogP contribution in [0.3, 0.4) is 0 Å². The van der Waals surface area contributed by atoms with Crippen molar-refractivity contribution in [1.82, 2.24) is 9.80 Å². The van der Waals surface area contributed by atoms with Crippen LogP contribution in [0.4, 0.5) is 0 Å². The molecule has 0 radical (unpaired) electrons. The molecule has 1 aliphatic rings. The first-order chi connectivity index (χ1) is 15.4. The number of aliphatic hydroxyl groups excluding tert-OH is 1. The van der Waals surface area contributed by atoms with Crippen LogP contribution in [0.25, 0.3) is 5.76 Å². The van der Waals surface area contributed by atoms with Gasteiger partial charge in [0.1, 0.15) is 23.9 Å². The number of aliphatic hydroxyl groups is 1. The fourth-order valence-electron chi connectivity index (χ4n) is 3.57. The Balaban J connectivity index is 2.06. The highest BCUT2D eigenvalue weighted by atomic mass is 16.5. The summed E-state index contributed by atoms with van der Waals surface area (Å²) in [5.41, 5.74) is 1.22. The van der Waals surface area contributed by atoms with Crippen molar-refractivity contribution in [2.75, 3.05) is 40.9 Å². The predicted octanol–water partition coefficient (Wildman–Crippen LogP) is 3.24. The zero-order chi connectivity index (χ0) is 23.3. The molecule has 32 heavy (non-hydrogen) atoms. The molecule has 0 aliphatic carbocycles. The average molecular weight is 437 g/mol. The van der Waals surface area contributed by atoms with Gasteiger partial charge < -0.3 is 24.4 Å². The highest BCUT2D eigenvalue weighted by Crippen LogP contribution is 2.39. The van der Waals surface area contributed by atoms with Crippen LogP contribution < -0.4 is 9.47 Å². The first-order valence-electron chi connectivity index (χ1n) is 10.3. The smallest absolute Gasteiger partial charge is 0.295 e. The van der Waals surface area contributed by atoms with Crippen molar-refractivity contribution in [1.29, 1.82) is 0 Å². The van der Waals surface area contributed by atoms with Gasteiger partial charge in [0.2, 0.25) is 0 Å². The number of rotatable bonds is 9. The molecule has 1 saturated heterocycles. The van der Waals surface area contributed by atoms with Gasteiger partial charge in [-0.15, -0.1) is 0 Å². The molecule has 1 heterocycles. The van der Waals surface area contributed by atoms with Gasteiger partial charge in [0.05, 0.1) is 18.7 Å². The number of likely N-dealkylation sites (N-methyl/N-ethyl adjacent to an activating group) is 1. The summed E-state index contributed by atoms with van der Waals surface area (Å²) in [4.78, 5) is 29.4. The molecule has 1 atom stereocenters. The molecule has 0 spiro atoms. The third-order valence-electron chi connectivity index (χ3n) is 5.26. The number of carbonyl (C=O) groups excluding carboxylic acids is 2. The second-order valence-electron chi connectivity index (χ2n) is 7.69. The summed E-state index contributed by atoms with van der Waals surface area (Å²) in [6, 6.07) is 13.2. The van der Waals surface area contributed by atoms with Gasteiger partial charge in [-0.3, -0.25) is 9.59 Å². The topological polar surface area (TPSA) is 79.3 Å². The van der Waals surface area contributed by atoms with Gasteiger partial charge in [0.15, 0.2) is 0 Å². The highest BCUT2D eigenvalue weighted by molar-refractivity contribution is 6.46. The average Bonchev–Trinajstić information content (AvgIpc) is 3.06. The number of ether oxygens (including phenoxy) is 2. The minimum Gasteiger partial charge on any atom is -0.507 e. The molecular weight excluding hydrogens is 408 g/mol. The van der Waals surface area contributed by atoms with Crippen molar-refractivity contribution in [2.45, 2.75) is 6.04 Å². The van der Waals surface area contributed by atoms with E-state index in [0.717, 1.165) is 0 Å². The van der Waals surface area contributed by atoms with E-state index in [1.54, 1.807) is 61.7 Å². The van der Waals surface area contributed by atoms with Crippen LogP contribution in [0, 0.1) is 0 Å². The monoisotopic (exact) mass is 436 g/mol. The molecule has 1 N–H and O–H groups in total. The number of Topliss-reactive ketones (excluding diaryl/α,β-unsaturated/α-hetero) is 1. The summed E-state index contributed by atoms with van der Waals surface area (Å²) in [5.74, 6) is -0.267. The van der Waals surface area contributed by atoms with Gasteiger partial charge in [0.25, 0.3) is 11.7 Å². The van der Waals surface area contributed by atoms with E-state index in [1.807, 2.05) is 19.0 Å². The summed E-state index contributed by atoms with van der Waals surface area (Å²) in [7, 11) is 5.34. The van der Waals surface area contributed by atoms with E-state index in [1.165, 1.54) is 4.90 Å². The van der Waals surface area contributed by atoms with E-state index in [9.17, 15) is 14.7 Å². The number of methoxy groups -OCH3 is 1. The van der Waals surface area contributed by atoms with Crippen LogP contribution in [0.2, 0.25) is 0 Å². The van der Waals surface area contributed by atoms with Crippen molar-refractivity contribution < 1.29 is 24.2 Å². The Morgan fingerprint density at radius 1 is 1.09 bits per heavy atom. The summed E-state index contributed by atoms with van der Waals surface area (Å²) >= 11 is 0. The van der Waals surface area contributed by atoms with E-state index >= 15 is 0 Å². The number of amides is 1. The van der Waals surface area contributed by atoms with Gasteiger partial charge in [0, 0.05) is 18.7 Å². The standard InChI is InChI=1S/C25H28N2O5/c1-5-16-32-20-12-6-17(7-13-20)22-21(23(28)18-8-10-19(31-4)11-9-18)24(29)25(30)27(22)15-14-26(2)3/h5-13,22,28H,1,14-16H2,2-4H3/b23-21-. The number of benzene rings is 2. The molecule has 7 nitrogen and oxygen atoms in total. The van der Waals surface area contributed by atoms with Crippen LogP contribution in [-0.2, 0) is 9.59 Å². The van der Waals surface area contributed by atoms with Gasteiger partial charge in [-0.25, -0.2) is 0 Å². The van der Waals surface area contributed by atoms with E-state index in [-0.39, 0.29) is 11.3 Å². The van der Waals surface area contributed by atoms with Gasteiger partial charge >= 0.3 is 0 Å². The Morgan fingerprint density at radius 2 is 1.72 bits per heavy atom. The third-order valence-corrected chi connectivity index (χ3v) is 5.26. The first kappa shape index (κ1) is 23.1. The first-order valence-corrected chi connectivity index (χ1v) is 10.3. The maximum Gasteiger partial charge on any atom is 0.295 e. The van der Waals surface area contributed by atoms with Crippen molar-refractivity contribution in [3.63, 3.8) is 0 Å². The fraction of sp³-hybridized carbons (Fsp3) is 0.280. The minimum absolute atomic E-state index is 0.0682. The quantitative estimate of drug-likeness (QED) is 0.281. The lowest BCUT2D eigenvalue weighted by molar-refractivity contribution is -0.140. The number of likely N-dealkylation sites (tertiary alicyclic amines) is 1. The van der Waals surface area contributed by atoms with E-state index in [0.29, 0.717) is 42.3 Å². The van der Waals surface area contributed by atoms with Crippen LogP contribution in [0.1, 0.15) is 17.2 Å². The summed E-state index contributed by atoms with van der Waals surface area (Å²) in [5, 5.41) is 11.1. The molecule has 1 amide bonds. The lowest BCUT2D eigenvalue weighted by Crippen LogP contribution is -2.35. The van der Waals surface area contributed by atoms with E-state index in [2.05, 4.69) is 6.58 Å². The van der Waals surface area contributed by atoms with Crippen LogP contribution in [0.5, 0.6) is 11.5 Å². The molecule has 2 aromatic carbocycles. The molecule has 7 heteroatoms. The van der Waals surface area contributed by atoms with Gasteiger partial charge in [-0.05, 0) is 56.1 Å². The Labute approximate surface area is 188 Å². The van der Waals surface area contributed by atoms with E-state index < -0.39 is 17.7 Å². The Bertz CT molecular complexity index is 1010. The zero-order valence-corrected chi connectivity index (χ0v) is 18.6. The molecule has 0 bridgehead atoms. The Morgan fingerprint density at radius 3 is 2.28 bits per heavy atom. The second-order valence-corrected chi connectivity index (χ2v) is 7.69. The minimum atomic E-state index is -0.703. The van der Waals surface area contributed by atoms with Gasteiger partial charge in [-0.1, -0.05) is 24.8 Å². The molecule has 1 unspecified atom stereocenters. The highest BCUT2D eigenvalue weighted by Gasteiger charge is 2.45. The van der Waals surface area contributed by atoms with Crippen molar-refractivity contribution >= 4 is 17.4 Å². The molecule has 0 saturated carbocycles. The summed E-state index contributed by atoms with van der Waals surface area (Å²) in [6.07, 6.45) is 1.65. The number of nitrogens with zero attached hydrogens (tertiary/aromatic N) is 2. The second kappa shape index (κ2) is 10.2. The lowest BCUT2D eigenvalue weighted by Gasteiger charge is -2.26. The third kappa shape index (κ3) is 4.84. The SMILES string of the molecule is C=CCOc1ccc(C2/C(=C(/O)c3ccc(OC)cc3)C(=O)C(=O)N2CCN(C)C)cc1. The predicted molar refractivity (Wildman–Crippen MR) is 123 cm³/mol. The fourth-order valence-corrected chi connectivity index (χ4v) is 3.57. The number of hydrogen-bond acceptors (Lipinski definition) is 6. The van der Waals surface area contributed by atoms with Crippen molar-refractivity contribution in [3.8, 4) is 11.5 Å². The molecule has 0 aromatic heterocycles. The molecular formula is C25H28N2O5. The molecule has 3 rings (SSSR count). The normalized spacial score (nSPS) is 17.6. The molecule has 1 aliphatic heterocycles. The maximum atomic E-state index is 13.0. The number of ketones is 1. The number of carbonyl (C=O) groups is 2. The lowest BCUT2D eigenvalue weighted by atomic mass is 9.95. The summed E-state index contributed by atoms with van der Waals surface area (Å²) < 4.78 is 10.7. The summed E-state index contributed by atoms with van der Waals surface area (Å²) in [6.45, 7) is 4.93. The maximum absolute atomic E-state index is 13.0. The van der Waals surface area contributed by atoms with E-state index in [4.69, 9.17) is 9.47 Å². The number of hydrogen-bond donors (Lipinski definition) is 1. The van der Waals surface area contributed by atoms with Crippen molar-refractivity contribution in [3.05, 3.63) is 77.9 Å². The Hall–Kier alpha value is -3.58. The molecule has 2 aromatic rings. The largest absolute Gasteiger partial charge is 0.507 e. The van der Waals surface area contributed by atoms with Crippen LogP contribution in [0.15, 0.2) is 66.8 Å². The zero-order valence-electron chi connectivity index (χ0n) is 18.6. The molecule has 168 valence electrons. The molecule has 1 fully saturated rings. The van der Waals surface area contributed by atoms with Gasteiger partial charge in [-0.2, -0.15) is 0 Å². The van der Waals surface area contributed by atoms with Crippen LogP contribution >= 0.6 is 0 Å². The Kier molecular flexibility index (Phi) is 7.33. The van der Waals surface area contributed by atoms with Crippen molar-refractivity contribution in [2.24, 2.45) is 0 Å². The van der Waals surface area contributed by atoms with Crippen LogP contribution in [-0.4, -0.2) is 67.5 Å².